The molecule has 0 spiro atoms. The maximum atomic E-state index is 12.2. The second-order valence-corrected chi connectivity index (χ2v) is 7.92. The number of quaternary nitrogens is 1. The number of fused-ring (bicyclic) bond motifs is 1. The third kappa shape index (κ3) is 3.99. The molecule has 3 amide bonds. The highest BCUT2D eigenvalue weighted by Crippen LogP contribution is 2.40. The van der Waals surface area contributed by atoms with Gasteiger partial charge in [0.05, 0.1) is 20.6 Å². The van der Waals surface area contributed by atoms with Gasteiger partial charge >= 0.3 is 5.97 Å². The van der Waals surface area contributed by atoms with Gasteiger partial charge in [-0.25, -0.2) is 4.79 Å². The summed E-state index contributed by atoms with van der Waals surface area (Å²) in [5.41, 5.74) is 5.65. The lowest BCUT2D eigenvalue weighted by Crippen LogP contribution is -2.69. The van der Waals surface area contributed by atoms with Gasteiger partial charge in [-0.05, 0) is 11.6 Å². The zero-order valence-electron chi connectivity index (χ0n) is 15.0. The van der Waals surface area contributed by atoms with Crippen LogP contribution in [0.2, 0.25) is 0 Å². The quantitative estimate of drug-likeness (QED) is 0.196. The second kappa shape index (κ2) is 8.11. The molecule has 0 unspecified atom stereocenters. The summed E-state index contributed by atoms with van der Waals surface area (Å²) in [5, 5.41) is 20.9. The third-order valence-electron chi connectivity index (χ3n) is 4.69. The molecule has 1 saturated heterocycles. The lowest BCUT2D eigenvalue weighted by molar-refractivity contribution is -0.900. The van der Waals surface area contributed by atoms with Gasteiger partial charge in [0.2, 0.25) is 6.41 Å². The molecule has 0 aromatic carbocycles. The molecule has 0 radical (unpaired) electrons. The van der Waals surface area contributed by atoms with Crippen LogP contribution in [0.3, 0.4) is 0 Å². The molecule has 1 fully saturated rings. The van der Waals surface area contributed by atoms with E-state index in [-0.39, 0.29) is 10.2 Å². The Labute approximate surface area is 160 Å². The summed E-state index contributed by atoms with van der Waals surface area (Å²) < 4.78 is 0.0990. The minimum Gasteiger partial charge on any atom is -0.477 e. The molecule has 0 saturated carbocycles. The number of rotatable bonds is 9. The number of nitrogens with one attached hydrogen (secondary N) is 1. The Bertz CT molecular complexity index is 720. The number of amides is 3. The highest BCUT2D eigenvalue weighted by atomic mass is 32.2. The Morgan fingerprint density at radius 1 is 1.48 bits per heavy atom. The minimum absolute atomic E-state index is 0.0990. The summed E-state index contributed by atoms with van der Waals surface area (Å²) in [4.78, 5) is 47.1. The van der Waals surface area contributed by atoms with Crippen molar-refractivity contribution < 1.29 is 33.9 Å². The lowest BCUT2D eigenvalue weighted by atomic mass is 10.0. The van der Waals surface area contributed by atoms with Crippen LogP contribution in [0.15, 0.2) is 23.4 Å². The van der Waals surface area contributed by atoms with Gasteiger partial charge in [0.1, 0.15) is 23.7 Å². The van der Waals surface area contributed by atoms with Crippen LogP contribution in [0.5, 0.6) is 0 Å². The number of β-lactam (4-membered cyclic amide) rings is 1. The van der Waals surface area contributed by atoms with Crippen LogP contribution in [0.25, 0.3) is 0 Å². The van der Waals surface area contributed by atoms with Gasteiger partial charge in [-0.2, -0.15) is 0 Å². The van der Waals surface area contributed by atoms with E-state index >= 15 is 0 Å². The largest absolute Gasteiger partial charge is 0.477 e. The third-order valence-corrected chi connectivity index (χ3v) is 5.99. The Hall–Kier alpha value is -2.37. The number of hydrogen-bond donors (Lipinski definition) is 4. The van der Waals surface area contributed by atoms with Crippen LogP contribution in [0.4, 0.5) is 0 Å². The highest BCUT2D eigenvalue weighted by Gasteiger charge is 2.53. The zero-order chi connectivity index (χ0) is 20.4. The molecular formula is C16H23N4O6S+. The molecule has 0 aliphatic carbocycles. The van der Waals surface area contributed by atoms with Crippen LogP contribution in [-0.4, -0.2) is 94.2 Å². The molecular weight excluding hydrogens is 376 g/mol. The van der Waals surface area contributed by atoms with Crippen LogP contribution in [0.1, 0.15) is 0 Å². The van der Waals surface area contributed by atoms with E-state index in [0.29, 0.717) is 24.3 Å². The molecule has 11 heteroatoms. The fourth-order valence-electron chi connectivity index (χ4n) is 3.11. The molecule has 2 aliphatic heterocycles. The molecule has 0 aromatic rings. The number of thioether (sulfide) groups is 1. The van der Waals surface area contributed by atoms with Crippen molar-refractivity contribution in [2.75, 3.05) is 33.0 Å². The van der Waals surface area contributed by atoms with Crippen LogP contribution >= 0.6 is 11.8 Å². The summed E-state index contributed by atoms with van der Waals surface area (Å²) in [5.74, 6) is -1.96. The van der Waals surface area contributed by atoms with Crippen molar-refractivity contribution >= 4 is 36.0 Å². The van der Waals surface area contributed by atoms with Crippen molar-refractivity contribution in [2.24, 2.45) is 5.73 Å². The standard InChI is InChI=1S/C16H22N4O6S/c1-20(2,10(6-21)13(17)23)5-3-4-9-7-27-15-11(18-8-22)14(24)19(15)12(9)16(25)26/h3-4,8,10-11,15,21H,5-7H2,1-2H3,(H3-,17,18,22,23,25,26)/p+1/t10-,11-,15+/m1/s1. The first-order valence-corrected chi connectivity index (χ1v) is 9.20. The molecule has 10 nitrogen and oxygen atoms in total. The number of carboxylic acid groups (broad SMARTS) is 1. The van der Waals surface area contributed by atoms with Crippen molar-refractivity contribution in [1.82, 2.24) is 10.2 Å². The molecule has 27 heavy (non-hydrogen) atoms. The molecule has 148 valence electrons. The molecule has 5 N–H and O–H groups in total. The van der Waals surface area contributed by atoms with E-state index in [1.165, 1.54) is 16.7 Å². The minimum atomic E-state index is -1.23. The van der Waals surface area contributed by atoms with Crippen molar-refractivity contribution in [2.45, 2.75) is 17.5 Å². The number of aliphatic hydroxyl groups is 1. The number of allylic oxidation sites excluding steroid dienone is 1. The smallest absolute Gasteiger partial charge is 0.352 e. The monoisotopic (exact) mass is 399 g/mol. The predicted octanol–water partition coefficient (Wildman–Crippen LogP) is -2.17. The Kier molecular flexibility index (Phi) is 6.29. The summed E-state index contributed by atoms with van der Waals surface area (Å²) in [6.07, 6.45) is 3.72. The number of carboxylic acids is 1. The van der Waals surface area contributed by atoms with Gasteiger partial charge in [-0.3, -0.25) is 19.3 Å². The number of aliphatic carboxylic acids is 1. The SMILES string of the molecule is C[N+](C)(CC=CC1=C(C(=O)O)N2C(=O)[C@@H](NC=O)[C@@H]2SC1)[C@H](CO)C(N)=O. The summed E-state index contributed by atoms with van der Waals surface area (Å²) >= 11 is 1.36. The van der Waals surface area contributed by atoms with Gasteiger partial charge in [0, 0.05) is 5.75 Å². The van der Waals surface area contributed by atoms with Gasteiger partial charge in [0.25, 0.3) is 11.8 Å². The number of nitrogens with zero attached hydrogens (tertiary/aromatic N) is 2. The van der Waals surface area contributed by atoms with Crippen LogP contribution in [-0.2, 0) is 19.2 Å². The van der Waals surface area contributed by atoms with Crippen molar-refractivity contribution in [3.8, 4) is 0 Å². The highest BCUT2D eigenvalue weighted by molar-refractivity contribution is 8.00. The second-order valence-electron chi connectivity index (χ2n) is 6.82. The van der Waals surface area contributed by atoms with E-state index in [9.17, 15) is 29.4 Å². The van der Waals surface area contributed by atoms with Crippen molar-refractivity contribution in [3.05, 3.63) is 23.4 Å². The first-order valence-electron chi connectivity index (χ1n) is 8.16. The molecule has 3 atom stereocenters. The fourth-order valence-corrected chi connectivity index (χ4v) is 4.44. The van der Waals surface area contributed by atoms with Crippen molar-refractivity contribution in [3.63, 3.8) is 0 Å². The molecule has 2 rings (SSSR count). The maximum absolute atomic E-state index is 12.2. The first kappa shape index (κ1) is 20.9. The Balaban J connectivity index is 2.20. The number of nitrogens with two attached hydrogens (primary N) is 1. The predicted molar refractivity (Wildman–Crippen MR) is 96.9 cm³/mol. The van der Waals surface area contributed by atoms with Crippen LogP contribution < -0.4 is 11.1 Å². The van der Waals surface area contributed by atoms with Gasteiger partial charge < -0.3 is 25.7 Å². The van der Waals surface area contributed by atoms with E-state index in [1.807, 2.05) is 0 Å². The van der Waals surface area contributed by atoms with E-state index in [1.54, 1.807) is 26.2 Å². The lowest BCUT2D eigenvalue weighted by Gasteiger charge is -2.48. The number of carbonyl (C=O) groups excluding carboxylic acids is 3. The van der Waals surface area contributed by atoms with Crippen molar-refractivity contribution in [1.29, 1.82) is 0 Å². The Morgan fingerprint density at radius 2 is 2.15 bits per heavy atom. The van der Waals surface area contributed by atoms with Gasteiger partial charge in [0.15, 0.2) is 6.04 Å². The average Bonchev–Trinajstić information content (AvgIpc) is 2.58. The molecule has 0 bridgehead atoms. The fraction of sp³-hybridized carbons (Fsp3) is 0.500. The summed E-state index contributed by atoms with van der Waals surface area (Å²) in [6, 6.07) is -1.51. The summed E-state index contributed by atoms with van der Waals surface area (Å²) in [7, 11) is 3.45. The number of likely N-dealkylation sites (N-methyl/N-ethyl adjacent to an activating group) is 1. The first-order chi connectivity index (χ1) is 12.7. The summed E-state index contributed by atoms with van der Waals surface area (Å²) in [6.45, 7) is -0.0773. The van der Waals surface area contributed by atoms with Crippen LogP contribution in [0, 0.1) is 0 Å². The zero-order valence-corrected chi connectivity index (χ0v) is 15.8. The van der Waals surface area contributed by atoms with Gasteiger partial charge in [-0.1, -0.05) is 6.08 Å². The molecule has 0 aromatic heterocycles. The van der Waals surface area contributed by atoms with E-state index in [0.717, 1.165) is 0 Å². The number of carbonyl (C=O) groups is 4. The molecule has 2 heterocycles. The normalized spacial score (nSPS) is 23.7. The maximum Gasteiger partial charge on any atom is 0.352 e. The average molecular weight is 399 g/mol. The number of aliphatic hydroxyl groups excluding tert-OH is 1. The topological polar surface area (TPSA) is 150 Å². The Morgan fingerprint density at radius 3 is 2.67 bits per heavy atom. The van der Waals surface area contributed by atoms with Gasteiger partial charge in [-0.15, -0.1) is 11.8 Å². The number of hydrogen-bond acceptors (Lipinski definition) is 6. The number of primary amides is 1. The van der Waals surface area contributed by atoms with E-state index in [4.69, 9.17) is 5.73 Å². The molecule has 2 aliphatic rings. The van der Waals surface area contributed by atoms with E-state index in [2.05, 4.69) is 5.32 Å². The van der Waals surface area contributed by atoms with E-state index < -0.39 is 41.8 Å².